The summed E-state index contributed by atoms with van der Waals surface area (Å²) in [6, 6.07) is 4.38. The van der Waals surface area contributed by atoms with E-state index >= 15 is 0 Å². The van der Waals surface area contributed by atoms with Gasteiger partial charge in [-0.1, -0.05) is 0 Å². The molecule has 1 fully saturated rings. The molecule has 7 heteroatoms. The van der Waals surface area contributed by atoms with Gasteiger partial charge in [-0.2, -0.15) is 0 Å². The van der Waals surface area contributed by atoms with Crippen LogP contribution in [0.3, 0.4) is 0 Å². The Morgan fingerprint density at radius 2 is 2.24 bits per heavy atom. The Kier molecular flexibility index (Phi) is 4.10. The summed E-state index contributed by atoms with van der Waals surface area (Å²) in [5.41, 5.74) is 6.49. The molecule has 1 aliphatic rings. The third kappa shape index (κ3) is 3.55. The first-order chi connectivity index (χ1) is 10.2. The second-order valence-electron chi connectivity index (χ2n) is 5.34. The number of anilines is 1. The molecule has 112 valence electrons. The van der Waals surface area contributed by atoms with Crippen molar-refractivity contribution in [3.8, 4) is 11.4 Å². The van der Waals surface area contributed by atoms with Gasteiger partial charge in [0.15, 0.2) is 5.82 Å². The van der Waals surface area contributed by atoms with Gasteiger partial charge in [-0.3, -0.25) is 0 Å². The highest BCUT2D eigenvalue weighted by Crippen LogP contribution is 2.28. The highest BCUT2D eigenvalue weighted by Gasteiger charge is 2.21. The smallest absolute Gasteiger partial charge is 0.185 e. The average molecular weight is 291 g/mol. The van der Waals surface area contributed by atoms with Gasteiger partial charge in [0, 0.05) is 25.4 Å². The van der Waals surface area contributed by atoms with Crippen molar-refractivity contribution in [3.63, 3.8) is 0 Å². The molecule has 0 bridgehead atoms. The molecule has 2 N–H and O–H groups in total. The number of benzene rings is 1. The zero-order valence-corrected chi connectivity index (χ0v) is 11.7. The molecule has 0 atom stereocenters. The van der Waals surface area contributed by atoms with Crippen LogP contribution in [0.4, 0.5) is 10.1 Å². The summed E-state index contributed by atoms with van der Waals surface area (Å²) in [5.74, 6) is 0.766. The third-order valence-electron chi connectivity index (χ3n) is 3.47. The number of nitrogens with zero attached hydrogens (tertiary/aromatic N) is 4. The van der Waals surface area contributed by atoms with Crippen molar-refractivity contribution in [3.05, 3.63) is 24.0 Å². The molecule has 0 amide bonds. The van der Waals surface area contributed by atoms with Gasteiger partial charge in [0.2, 0.25) is 0 Å². The lowest BCUT2D eigenvalue weighted by atomic mass is 10.2. The number of tetrazole rings is 1. The van der Waals surface area contributed by atoms with Crippen LogP contribution in [0.2, 0.25) is 0 Å². The van der Waals surface area contributed by atoms with Crippen molar-refractivity contribution < 1.29 is 9.13 Å². The third-order valence-corrected chi connectivity index (χ3v) is 3.47. The van der Waals surface area contributed by atoms with E-state index < -0.39 is 0 Å². The second kappa shape index (κ2) is 6.17. The van der Waals surface area contributed by atoms with E-state index in [-0.39, 0.29) is 5.82 Å². The van der Waals surface area contributed by atoms with Crippen molar-refractivity contribution in [2.24, 2.45) is 5.92 Å². The van der Waals surface area contributed by atoms with Crippen molar-refractivity contribution in [1.82, 2.24) is 20.2 Å². The summed E-state index contributed by atoms with van der Waals surface area (Å²) in [5, 5.41) is 11.4. The molecular formula is C14H18FN5O. The minimum Gasteiger partial charge on any atom is -0.399 e. The molecule has 0 spiro atoms. The van der Waals surface area contributed by atoms with Gasteiger partial charge in [0.05, 0.1) is 5.56 Å². The summed E-state index contributed by atoms with van der Waals surface area (Å²) >= 11 is 0. The fourth-order valence-electron chi connectivity index (χ4n) is 2.11. The molecule has 1 saturated carbocycles. The molecule has 1 aliphatic carbocycles. The average Bonchev–Trinajstić information content (AvgIpc) is 3.18. The van der Waals surface area contributed by atoms with E-state index in [1.54, 1.807) is 10.7 Å². The summed E-state index contributed by atoms with van der Waals surface area (Å²) in [6.07, 6.45) is 3.35. The summed E-state index contributed by atoms with van der Waals surface area (Å²) in [4.78, 5) is 0. The lowest BCUT2D eigenvalue weighted by Crippen LogP contribution is -2.08. The SMILES string of the molecule is Nc1ccc(F)c(-c2nnnn2CCCOCC2CC2)c1. The lowest BCUT2D eigenvalue weighted by Gasteiger charge is -2.07. The number of aryl methyl sites for hydroxylation is 1. The largest absolute Gasteiger partial charge is 0.399 e. The van der Waals surface area contributed by atoms with Crippen molar-refractivity contribution in [1.29, 1.82) is 0 Å². The minimum atomic E-state index is -0.384. The molecule has 0 aliphatic heterocycles. The summed E-state index contributed by atoms with van der Waals surface area (Å²) in [7, 11) is 0. The molecule has 1 aromatic carbocycles. The number of hydrogen-bond acceptors (Lipinski definition) is 5. The van der Waals surface area contributed by atoms with Gasteiger partial charge in [-0.25, -0.2) is 9.07 Å². The van der Waals surface area contributed by atoms with Gasteiger partial charge in [-0.05, 0) is 53.8 Å². The summed E-state index contributed by atoms with van der Waals surface area (Å²) in [6.45, 7) is 2.09. The Labute approximate surface area is 122 Å². The second-order valence-corrected chi connectivity index (χ2v) is 5.34. The van der Waals surface area contributed by atoms with Gasteiger partial charge < -0.3 is 10.5 Å². The van der Waals surface area contributed by atoms with Crippen LogP contribution in [0.15, 0.2) is 18.2 Å². The number of hydrogen-bond donors (Lipinski definition) is 1. The Morgan fingerprint density at radius 3 is 3.05 bits per heavy atom. The van der Waals surface area contributed by atoms with Crippen LogP contribution in [0.25, 0.3) is 11.4 Å². The van der Waals surface area contributed by atoms with Crippen LogP contribution >= 0.6 is 0 Å². The van der Waals surface area contributed by atoms with Crippen molar-refractivity contribution in [2.75, 3.05) is 18.9 Å². The Balaban J connectivity index is 1.61. The van der Waals surface area contributed by atoms with Crippen LogP contribution < -0.4 is 5.73 Å². The number of rotatable bonds is 7. The Bertz CT molecular complexity index is 611. The predicted molar refractivity (Wildman–Crippen MR) is 75.8 cm³/mol. The number of nitrogen functional groups attached to an aromatic ring is 1. The van der Waals surface area contributed by atoms with Crippen LogP contribution in [0.5, 0.6) is 0 Å². The fraction of sp³-hybridized carbons (Fsp3) is 0.500. The number of nitrogens with two attached hydrogens (primary N) is 1. The monoisotopic (exact) mass is 291 g/mol. The predicted octanol–water partition coefficient (Wildman–Crippen LogP) is 1.88. The Morgan fingerprint density at radius 1 is 1.38 bits per heavy atom. The van der Waals surface area contributed by atoms with E-state index in [2.05, 4.69) is 15.5 Å². The first-order valence-corrected chi connectivity index (χ1v) is 7.13. The number of halogens is 1. The maximum Gasteiger partial charge on any atom is 0.185 e. The molecule has 0 unspecified atom stereocenters. The van der Waals surface area contributed by atoms with E-state index in [0.29, 0.717) is 30.2 Å². The highest BCUT2D eigenvalue weighted by molar-refractivity contribution is 5.61. The van der Waals surface area contributed by atoms with Crippen LogP contribution in [0.1, 0.15) is 19.3 Å². The van der Waals surface area contributed by atoms with E-state index in [4.69, 9.17) is 10.5 Å². The normalized spacial score (nSPS) is 14.5. The summed E-state index contributed by atoms with van der Waals surface area (Å²) < 4.78 is 21.0. The first kappa shape index (κ1) is 13.9. The maximum absolute atomic E-state index is 13.9. The number of aromatic nitrogens is 4. The van der Waals surface area contributed by atoms with Crippen LogP contribution in [0, 0.1) is 11.7 Å². The van der Waals surface area contributed by atoms with E-state index in [1.807, 2.05) is 0 Å². The molecule has 6 nitrogen and oxygen atoms in total. The Hall–Kier alpha value is -2.02. The molecule has 3 rings (SSSR count). The van der Waals surface area contributed by atoms with E-state index in [1.165, 1.54) is 25.0 Å². The molecule has 2 aromatic rings. The molecule has 0 saturated heterocycles. The maximum atomic E-state index is 13.9. The van der Waals surface area contributed by atoms with Crippen LogP contribution in [-0.2, 0) is 11.3 Å². The van der Waals surface area contributed by atoms with Gasteiger partial charge in [-0.15, -0.1) is 5.10 Å². The first-order valence-electron chi connectivity index (χ1n) is 7.13. The van der Waals surface area contributed by atoms with E-state index in [9.17, 15) is 4.39 Å². The zero-order valence-electron chi connectivity index (χ0n) is 11.7. The fourth-order valence-corrected chi connectivity index (χ4v) is 2.11. The molecule has 1 heterocycles. The standard InChI is InChI=1S/C14H18FN5O/c15-13-5-4-11(16)8-12(13)14-17-18-19-20(14)6-1-7-21-9-10-2-3-10/h4-5,8,10H,1-3,6-7,9,16H2. The van der Waals surface area contributed by atoms with Gasteiger partial charge in [0.1, 0.15) is 5.82 Å². The van der Waals surface area contributed by atoms with Crippen LogP contribution in [-0.4, -0.2) is 33.4 Å². The molecule has 0 radical (unpaired) electrons. The van der Waals surface area contributed by atoms with Crippen molar-refractivity contribution >= 4 is 5.69 Å². The highest BCUT2D eigenvalue weighted by atomic mass is 19.1. The lowest BCUT2D eigenvalue weighted by molar-refractivity contribution is 0.118. The molecule has 1 aromatic heterocycles. The molecular weight excluding hydrogens is 273 g/mol. The number of ether oxygens (including phenoxy) is 1. The quantitative estimate of drug-likeness (QED) is 0.622. The van der Waals surface area contributed by atoms with Gasteiger partial charge in [0.25, 0.3) is 0 Å². The topological polar surface area (TPSA) is 78.9 Å². The van der Waals surface area contributed by atoms with Crippen molar-refractivity contribution in [2.45, 2.75) is 25.8 Å². The van der Waals surface area contributed by atoms with Gasteiger partial charge >= 0.3 is 0 Å². The zero-order chi connectivity index (χ0) is 14.7. The molecule has 21 heavy (non-hydrogen) atoms. The van der Waals surface area contributed by atoms with E-state index in [0.717, 1.165) is 18.9 Å². The minimum absolute atomic E-state index is 0.318.